The van der Waals surface area contributed by atoms with E-state index in [0.29, 0.717) is 5.92 Å². The Kier molecular flexibility index (Phi) is 5.12. The molecule has 0 saturated heterocycles. The van der Waals surface area contributed by atoms with E-state index in [4.69, 9.17) is 10.2 Å². The molecule has 4 heterocycles. The van der Waals surface area contributed by atoms with Crippen LogP contribution in [0.3, 0.4) is 0 Å². The van der Waals surface area contributed by atoms with Crippen molar-refractivity contribution in [2.24, 2.45) is 14.1 Å². The van der Waals surface area contributed by atoms with Crippen LogP contribution in [0.25, 0.3) is 0 Å². The normalized spacial score (nSPS) is 18.2. The number of nitrogens with zero attached hydrogens (tertiary/aromatic N) is 5. The first-order valence-corrected chi connectivity index (χ1v) is 10.8. The van der Waals surface area contributed by atoms with Crippen LogP contribution in [-0.4, -0.2) is 44.1 Å². The van der Waals surface area contributed by atoms with Crippen molar-refractivity contribution in [1.82, 2.24) is 29.8 Å². The number of fused-ring (bicyclic) bond motifs is 2. The summed E-state index contributed by atoms with van der Waals surface area (Å²) < 4.78 is 4.24. The zero-order valence-corrected chi connectivity index (χ0v) is 18.5. The lowest BCUT2D eigenvalue weighted by Gasteiger charge is -2.35. The molecule has 2 aromatic heterocycles. The zero-order valence-electron chi connectivity index (χ0n) is 18.5. The molecule has 0 amide bonds. The highest BCUT2D eigenvalue weighted by atomic mass is 15.3. The Labute approximate surface area is 169 Å². The lowest BCUT2D eigenvalue weighted by Crippen LogP contribution is -2.41. The average molecular weight is 385 g/mol. The van der Waals surface area contributed by atoms with E-state index in [1.165, 1.54) is 40.3 Å². The topological polar surface area (TPSA) is 50.9 Å². The van der Waals surface area contributed by atoms with Crippen molar-refractivity contribution < 1.29 is 0 Å². The molecule has 0 aliphatic carbocycles. The predicted octanol–water partition coefficient (Wildman–Crippen LogP) is 2.65. The molecule has 2 aliphatic heterocycles. The molecule has 2 aliphatic rings. The molecular weight excluding hydrogens is 348 g/mol. The fraction of sp³-hybridized carbons (Fsp3) is 0.727. The van der Waals surface area contributed by atoms with Gasteiger partial charge in [-0.2, -0.15) is 10.2 Å². The van der Waals surface area contributed by atoms with Crippen molar-refractivity contribution in [2.75, 3.05) is 19.6 Å². The fourth-order valence-corrected chi connectivity index (χ4v) is 5.13. The minimum Gasteiger partial charge on any atom is -0.313 e. The molecule has 0 radical (unpaired) electrons. The van der Waals surface area contributed by atoms with Gasteiger partial charge in [0.1, 0.15) is 0 Å². The van der Waals surface area contributed by atoms with Gasteiger partial charge in [-0.05, 0) is 37.3 Å². The minimum absolute atomic E-state index is 0.0222. The van der Waals surface area contributed by atoms with E-state index in [9.17, 15) is 0 Å². The van der Waals surface area contributed by atoms with Gasteiger partial charge >= 0.3 is 0 Å². The van der Waals surface area contributed by atoms with Gasteiger partial charge < -0.3 is 5.32 Å². The number of aromatic nitrogens is 4. The van der Waals surface area contributed by atoms with Gasteiger partial charge in [0, 0.05) is 56.9 Å². The number of rotatable bonds is 4. The van der Waals surface area contributed by atoms with Crippen LogP contribution in [0.15, 0.2) is 0 Å². The second kappa shape index (κ2) is 7.30. The third kappa shape index (κ3) is 3.41. The van der Waals surface area contributed by atoms with Gasteiger partial charge in [-0.1, -0.05) is 27.7 Å². The van der Waals surface area contributed by atoms with Crippen LogP contribution in [0.4, 0.5) is 0 Å². The summed E-state index contributed by atoms with van der Waals surface area (Å²) in [4.78, 5) is 2.60. The molecule has 1 N–H and O–H groups in total. The summed E-state index contributed by atoms with van der Waals surface area (Å²) in [5, 5.41) is 13.4. The van der Waals surface area contributed by atoms with E-state index in [2.05, 4.69) is 61.4 Å². The third-order valence-electron chi connectivity index (χ3n) is 6.51. The van der Waals surface area contributed by atoms with E-state index < -0.39 is 0 Å². The number of hydrogen-bond donors (Lipinski definition) is 1. The SMILES string of the molecule is CC(C)c1nn(C)c2c1CCN(CC(C)(C)c1nn(C)c3c1CNCCC3)C2. The Morgan fingerprint density at radius 1 is 1.04 bits per heavy atom. The number of nitrogens with one attached hydrogen (secondary N) is 1. The van der Waals surface area contributed by atoms with E-state index in [-0.39, 0.29) is 5.41 Å². The van der Waals surface area contributed by atoms with Gasteiger partial charge in [0.25, 0.3) is 0 Å². The summed E-state index contributed by atoms with van der Waals surface area (Å²) in [6, 6.07) is 0. The number of hydrogen-bond acceptors (Lipinski definition) is 4. The summed E-state index contributed by atoms with van der Waals surface area (Å²) in [5.41, 5.74) is 8.33. The molecule has 4 rings (SSSR count). The molecule has 154 valence electrons. The standard InChI is InChI=1S/C22H36N6/c1-15(2)20-16-9-11-28(13-19(16)27(6)24-20)14-22(3,4)21-17-12-23-10-7-8-18(17)26(5)25-21/h15,23H,7-14H2,1-6H3. The van der Waals surface area contributed by atoms with Crippen molar-refractivity contribution in [2.45, 2.75) is 71.4 Å². The smallest absolute Gasteiger partial charge is 0.0741 e. The van der Waals surface area contributed by atoms with Crippen LogP contribution >= 0.6 is 0 Å². The van der Waals surface area contributed by atoms with Crippen molar-refractivity contribution in [1.29, 1.82) is 0 Å². The molecule has 0 unspecified atom stereocenters. The van der Waals surface area contributed by atoms with E-state index >= 15 is 0 Å². The molecule has 0 fully saturated rings. The van der Waals surface area contributed by atoms with Crippen LogP contribution in [0.2, 0.25) is 0 Å². The fourth-order valence-electron chi connectivity index (χ4n) is 5.13. The first-order valence-electron chi connectivity index (χ1n) is 10.8. The van der Waals surface area contributed by atoms with Crippen molar-refractivity contribution in [3.05, 3.63) is 33.9 Å². The van der Waals surface area contributed by atoms with Gasteiger partial charge in [0.05, 0.1) is 17.1 Å². The number of aryl methyl sites for hydroxylation is 2. The Morgan fingerprint density at radius 2 is 1.79 bits per heavy atom. The summed E-state index contributed by atoms with van der Waals surface area (Å²) >= 11 is 0. The van der Waals surface area contributed by atoms with Crippen LogP contribution in [0, 0.1) is 0 Å². The van der Waals surface area contributed by atoms with Gasteiger partial charge in [-0.3, -0.25) is 14.3 Å². The largest absolute Gasteiger partial charge is 0.313 e. The molecule has 2 aromatic rings. The predicted molar refractivity (Wildman–Crippen MR) is 113 cm³/mol. The summed E-state index contributed by atoms with van der Waals surface area (Å²) in [6.07, 6.45) is 3.43. The second-order valence-corrected chi connectivity index (χ2v) is 9.61. The summed E-state index contributed by atoms with van der Waals surface area (Å²) in [6.45, 7) is 14.4. The van der Waals surface area contributed by atoms with Gasteiger partial charge in [-0.15, -0.1) is 0 Å². The summed E-state index contributed by atoms with van der Waals surface area (Å²) in [7, 11) is 4.21. The highest BCUT2D eigenvalue weighted by Crippen LogP contribution is 2.33. The molecule has 0 saturated carbocycles. The van der Waals surface area contributed by atoms with Crippen molar-refractivity contribution in [3.63, 3.8) is 0 Å². The molecule has 0 spiro atoms. The van der Waals surface area contributed by atoms with Gasteiger partial charge in [-0.25, -0.2) is 0 Å². The highest BCUT2D eigenvalue weighted by Gasteiger charge is 2.34. The molecule has 6 heteroatoms. The van der Waals surface area contributed by atoms with Crippen molar-refractivity contribution in [3.8, 4) is 0 Å². The first-order chi connectivity index (χ1) is 13.3. The monoisotopic (exact) mass is 384 g/mol. The van der Waals surface area contributed by atoms with Gasteiger partial charge in [0.2, 0.25) is 0 Å². The van der Waals surface area contributed by atoms with Crippen LogP contribution in [0.1, 0.15) is 73.9 Å². The molecule has 6 nitrogen and oxygen atoms in total. The van der Waals surface area contributed by atoms with E-state index in [1.54, 1.807) is 0 Å². The summed E-state index contributed by atoms with van der Waals surface area (Å²) in [5.74, 6) is 0.495. The Hall–Kier alpha value is -1.66. The Bertz CT molecular complexity index is 857. The Morgan fingerprint density at radius 3 is 2.54 bits per heavy atom. The lowest BCUT2D eigenvalue weighted by atomic mass is 9.84. The van der Waals surface area contributed by atoms with E-state index in [0.717, 1.165) is 45.6 Å². The lowest BCUT2D eigenvalue weighted by molar-refractivity contribution is 0.198. The van der Waals surface area contributed by atoms with Gasteiger partial charge in [0.15, 0.2) is 0 Å². The van der Waals surface area contributed by atoms with Crippen molar-refractivity contribution >= 4 is 0 Å². The van der Waals surface area contributed by atoms with Crippen LogP contribution in [0.5, 0.6) is 0 Å². The maximum absolute atomic E-state index is 4.99. The highest BCUT2D eigenvalue weighted by molar-refractivity contribution is 5.34. The maximum Gasteiger partial charge on any atom is 0.0741 e. The second-order valence-electron chi connectivity index (χ2n) is 9.61. The maximum atomic E-state index is 4.99. The first kappa shape index (κ1) is 19.6. The van der Waals surface area contributed by atoms with Crippen LogP contribution in [-0.2, 0) is 45.4 Å². The third-order valence-corrected chi connectivity index (χ3v) is 6.51. The average Bonchev–Trinajstić information content (AvgIpc) is 3.01. The molecule has 0 atom stereocenters. The molecule has 28 heavy (non-hydrogen) atoms. The quantitative estimate of drug-likeness (QED) is 0.880. The van der Waals surface area contributed by atoms with E-state index in [1.807, 2.05) is 0 Å². The minimum atomic E-state index is 0.0222. The van der Waals surface area contributed by atoms with Crippen LogP contribution < -0.4 is 5.32 Å². The molecule has 0 aromatic carbocycles. The Balaban J connectivity index is 1.57. The molecular formula is C22H36N6. The molecule has 0 bridgehead atoms. The zero-order chi connectivity index (χ0) is 20.1.